The molecule has 20 heavy (non-hydrogen) atoms. The van der Waals surface area contributed by atoms with E-state index in [9.17, 15) is 0 Å². The first kappa shape index (κ1) is 13.8. The van der Waals surface area contributed by atoms with Crippen LogP contribution in [0.25, 0.3) is 0 Å². The number of piperidine rings is 1. The van der Waals surface area contributed by atoms with Gasteiger partial charge >= 0.3 is 0 Å². The number of hydrogen-bond acceptors (Lipinski definition) is 5. The molecule has 3 heterocycles. The molecule has 0 aromatic carbocycles. The molecule has 2 unspecified atom stereocenters. The molecule has 2 aliphatic rings. The molecule has 6 nitrogen and oxygen atoms in total. The quantitative estimate of drug-likeness (QED) is 0.870. The Kier molecular flexibility index (Phi) is 4.21. The first-order chi connectivity index (χ1) is 9.78. The van der Waals surface area contributed by atoms with Gasteiger partial charge in [0.15, 0.2) is 5.82 Å². The molecule has 2 fully saturated rings. The van der Waals surface area contributed by atoms with Crippen LogP contribution >= 0.6 is 0 Å². The summed E-state index contributed by atoms with van der Waals surface area (Å²) < 4.78 is 5.74. The number of rotatable bonds is 4. The zero-order chi connectivity index (χ0) is 13.9. The van der Waals surface area contributed by atoms with Gasteiger partial charge in [0.2, 0.25) is 5.95 Å². The number of anilines is 1. The summed E-state index contributed by atoms with van der Waals surface area (Å²) in [5, 5.41) is 10.7. The number of H-pyrrole nitrogens is 1. The van der Waals surface area contributed by atoms with E-state index in [1.54, 1.807) is 0 Å². The maximum absolute atomic E-state index is 5.74. The molecule has 2 atom stereocenters. The fourth-order valence-electron chi connectivity index (χ4n) is 3.20. The van der Waals surface area contributed by atoms with E-state index in [1.807, 2.05) is 7.05 Å². The summed E-state index contributed by atoms with van der Waals surface area (Å²) in [6.45, 7) is 6.25. The van der Waals surface area contributed by atoms with Gasteiger partial charge in [-0.15, -0.1) is 5.10 Å². The maximum atomic E-state index is 5.74. The van der Waals surface area contributed by atoms with Gasteiger partial charge in [0, 0.05) is 19.7 Å². The van der Waals surface area contributed by atoms with Crippen LogP contribution in [0.5, 0.6) is 0 Å². The molecule has 0 saturated carbocycles. The Morgan fingerprint density at radius 3 is 2.80 bits per heavy atom. The highest BCUT2D eigenvalue weighted by Crippen LogP contribution is 2.32. The normalized spacial score (nSPS) is 28.2. The second kappa shape index (κ2) is 6.10. The number of hydrogen-bond donors (Lipinski definition) is 2. The van der Waals surface area contributed by atoms with Crippen LogP contribution in [-0.4, -0.2) is 48.5 Å². The van der Waals surface area contributed by atoms with Crippen LogP contribution in [-0.2, 0) is 4.74 Å². The summed E-state index contributed by atoms with van der Waals surface area (Å²) in [4.78, 5) is 6.94. The highest BCUT2D eigenvalue weighted by Gasteiger charge is 2.30. The summed E-state index contributed by atoms with van der Waals surface area (Å²) in [6.07, 6.45) is 3.62. The first-order valence-electron chi connectivity index (χ1n) is 7.71. The lowest BCUT2D eigenvalue weighted by Crippen LogP contribution is -2.37. The third kappa shape index (κ3) is 2.81. The molecule has 0 radical (unpaired) electrons. The van der Waals surface area contributed by atoms with Gasteiger partial charge < -0.3 is 15.0 Å². The molecule has 112 valence electrons. The Balaban J connectivity index is 1.60. The Morgan fingerprint density at radius 2 is 2.15 bits per heavy atom. The number of aromatic nitrogens is 3. The zero-order valence-corrected chi connectivity index (χ0v) is 12.4. The van der Waals surface area contributed by atoms with Crippen molar-refractivity contribution < 1.29 is 4.74 Å². The maximum Gasteiger partial charge on any atom is 0.244 e. The molecular formula is C14H25N5O. The van der Waals surface area contributed by atoms with Gasteiger partial charge in [0.05, 0.1) is 0 Å². The minimum atomic E-state index is 0.0954. The van der Waals surface area contributed by atoms with E-state index in [-0.39, 0.29) is 6.10 Å². The van der Waals surface area contributed by atoms with E-state index in [2.05, 4.69) is 32.3 Å². The van der Waals surface area contributed by atoms with Crippen LogP contribution in [0.2, 0.25) is 0 Å². The molecule has 0 aliphatic carbocycles. The molecule has 6 heteroatoms. The van der Waals surface area contributed by atoms with Crippen molar-refractivity contribution in [3.63, 3.8) is 0 Å². The minimum absolute atomic E-state index is 0.0954. The Morgan fingerprint density at radius 1 is 1.35 bits per heavy atom. The fraction of sp³-hybridized carbons (Fsp3) is 0.857. The second-order valence-electron chi connectivity index (χ2n) is 6.07. The highest BCUT2D eigenvalue weighted by molar-refractivity contribution is 5.29. The zero-order valence-electron chi connectivity index (χ0n) is 12.4. The summed E-state index contributed by atoms with van der Waals surface area (Å²) in [6, 6.07) is 0. The van der Waals surface area contributed by atoms with Gasteiger partial charge in [0.1, 0.15) is 6.10 Å². The molecule has 2 N–H and O–H groups in total. The molecule has 2 aliphatic heterocycles. The molecular weight excluding hydrogens is 254 g/mol. The standard InChI is InChI=1S/C14H25N5O/c1-10-5-8-20-12(10)13-16-14(18-17-13)19-6-3-11(4-7-19)9-15-2/h10-12,15H,3-9H2,1-2H3,(H,16,17,18). The van der Waals surface area contributed by atoms with Crippen LogP contribution < -0.4 is 10.2 Å². The second-order valence-corrected chi connectivity index (χ2v) is 6.07. The average molecular weight is 279 g/mol. The van der Waals surface area contributed by atoms with Crippen LogP contribution in [0.3, 0.4) is 0 Å². The Bertz CT molecular complexity index is 427. The largest absolute Gasteiger partial charge is 0.370 e. The van der Waals surface area contributed by atoms with Crippen molar-refractivity contribution in [2.45, 2.75) is 32.3 Å². The van der Waals surface area contributed by atoms with E-state index in [0.29, 0.717) is 5.92 Å². The number of nitrogens with one attached hydrogen (secondary N) is 2. The molecule has 3 rings (SSSR count). The number of aromatic amines is 1. The van der Waals surface area contributed by atoms with E-state index >= 15 is 0 Å². The minimum Gasteiger partial charge on any atom is -0.370 e. The summed E-state index contributed by atoms with van der Waals surface area (Å²) in [5.41, 5.74) is 0. The lowest BCUT2D eigenvalue weighted by molar-refractivity contribution is 0.0876. The van der Waals surface area contributed by atoms with E-state index in [0.717, 1.165) is 50.4 Å². The van der Waals surface area contributed by atoms with Crippen molar-refractivity contribution in [2.24, 2.45) is 11.8 Å². The van der Waals surface area contributed by atoms with Gasteiger partial charge in [-0.3, -0.25) is 5.10 Å². The molecule has 0 bridgehead atoms. The van der Waals surface area contributed by atoms with Crippen LogP contribution in [0.4, 0.5) is 5.95 Å². The first-order valence-corrected chi connectivity index (χ1v) is 7.71. The van der Waals surface area contributed by atoms with Crippen molar-refractivity contribution in [1.82, 2.24) is 20.5 Å². The van der Waals surface area contributed by atoms with Crippen molar-refractivity contribution in [3.8, 4) is 0 Å². The topological polar surface area (TPSA) is 66.1 Å². The van der Waals surface area contributed by atoms with Crippen LogP contribution in [0.1, 0.15) is 38.1 Å². The number of ether oxygens (including phenoxy) is 1. The van der Waals surface area contributed by atoms with Gasteiger partial charge in [-0.25, -0.2) is 0 Å². The van der Waals surface area contributed by atoms with Gasteiger partial charge in [-0.05, 0) is 44.7 Å². The van der Waals surface area contributed by atoms with Crippen LogP contribution in [0, 0.1) is 11.8 Å². The lowest BCUT2D eigenvalue weighted by Gasteiger charge is -2.31. The van der Waals surface area contributed by atoms with Gasteiger partial charge in [-0.2, -0.15) is 4.98 Å². The number of nitrogens with zero attached hydrogens (tertiary/aromatic N) is 3. The SMILES string of the molecule is CNCC1CCN(c2n[nH]c(C3OCCC3C)n2)CC1. The van der Waals surface area contributed by atoms with Crippen molar-refractivity contribution in [1.29, 1.82) is 0 Å². The monoisotopic (exact) mass is 279 g/mol. The van der Waals surface area contributed by atoms with E-state index < -0.39 is 0 Å². The Hall–Kier alpha value is -1.14. The summed E-state index contributed by atoms with van der Waals surface area (Å²) in [7, 11) is 2.02. The smallest absolute Gasteiger partial charge is 0.244 e. The average Bonchev–Trinajstić information content (AvgIpc) is 3.08. The van der Waals surface area contributed by atoms with Gasteiger partial charge in [-0.1, -0.05) is 6.92 Å². The van der Waals surface area contributed by atoms with Crippen molar-refractivity contribution in [3.05, 3.63) is 5.82 Å². The summed E-state index contributed by atoms with van der Waals surface area (Å²) in [5.74, 6) is 3.04. The van der Waals surface area contributed by atoms with Crippen molar-refractivity contribution in [2.75, 3.05) is 38.2 Å². The molecule has 2 saturated heterocycles. The third-order valence-corrected chi connectivity index (χ3v) is 4.54. The third-order valence-electron chi connectivity index (χ3n) is 4.54. The Labute approximate surface area is 120 Å². The van der Waals surface area contributed by atoms with E-state index in [4.69, 9.17) is 4.74 Å². The highest BCUT2D eigenvalue weighted by atomic mass is 16.5. The van der Waals surface area contributed by atoms with Crippen molar-refractivity contribution >= 4 is 5.95 Å². The summed E-state index contributed by atoms with van der Waals surface area (Å²) >= 11 is 0. The molecule has 0 amide bonds. The van der Waals surface area contributed by atoms with E-state index in [1.165, 1.54) is 12.8 Å². The molecule has 0 spiro atoms. The molecule has 1 aromatic heterocycles. The predicted octanol–water partition coefficient (Wildman–Crippen LogP) is 1.34. The fourth-order valence-corrected chi connectivity index (χ4v) is 3.20. The lowest BCUT2D eigenvalue weighted by atomic mass is 9.97. The predicted molar refractivity (Wildman–Crippen MR) is 77.7 cm³/mol. The van der Waals surface area contributed by atoms with Crippen LogP contribution in [0.15, 0.2) is 0 Å². The molecule has 1 aromatic rings. The van der Waals surface area contributed by atoms with Gasteiger partial charge in [0.25, 0.3) is 0 Å².